The molecular formula is C9H11F2NO2S. The van der Waals surface area contributed by atoms with Crippen molar-refractivity contribution in [1.82, 2.24) is 0 Å². The molecule has 3 nitrogen and oxygen atoms in total. The molecule has 0 saturated heterocycles. The minimum atomic E-state index is -3.73. The van der Waals surface area contributed by atoms with Crippen LogP contribution in [-0.2, 0) is 16.3 Å². The van der Waals surface area contributed by atoms with E-state index in [0.29, 0.717) is 0 Å². The van der Waals surface area contributed by atoms with Crippen LogP contribution in [0, 0.1) is 11.6 Å². The minimum absolute atomic E-state index is 0.0856. The van der Waals surface area contributed by atoms with Gasteiger partial charge in [-0.1, -0.05) is 6.07 Å². The summed E-state index contributed by atoms with van der Waals surface area (Å²) in [6.07, 6.45) is 1.00. The van der Waals surface area contributed by atoms with Crippen molar-refractivity contribution in [3.8, 4) is 0 Å². The lowest BCUT2D eigenvalue weighted by molar-refractivity contribution is 0.477. The molecule has 0 aliphatic heterocycles. The highest BCUT2D eigenvalue weighted by Gasteiger charge is 2.19. The van der Waals surface area contributed by atoms with E-state index in [-0.39, 0.29) is 18.5 Å². The fraction of sp³-hybridized carbons (Fsp3) is 0.333. The zero-order chi connectivity index (χ0) is 11.6. The molecule has 15 heavy (non-hydrogen) atoms. The standard InChI is InChI=1S/C9H11F2NO2S/c1-15(13,14)7-3-2-6(4-5-12)8(10)9(7)11/h2-3H,4-5,12H2,1H3. The molecule has 0 saturated carbocycles. The van der Waals surface area contributed by atoms with Crippen LogP contribution in [0.15, 0.2) is 17.0 Å². The van der Waals surface area contributed by atoms with Gasteiger partial charge in [0, 0.05) is 6.26 Å². The normalized spacial score (nSPS) is 11.7. The van der Waals surface area contributed by atoms with E-state index in [1.807, 2.05) is 0 Å². The second kappa shape index (κ2) is 4.24. The summed E-state index contributed by atoms with van der Waals surface area (Å²) in [5.74, 6) is -2.47. The maximum absolute atomic E-state index is 13.3. The Kier molecular flexibility index (Phi) is 3.41. The molecule has 1 aromatic carbocycles. The molecule has 0 amide bonds. The van der Waals surface area contributed by atoms with Crippen molar-refractivity contribution in [2.45, 2.75) is 11.3 Å². The summed E-state index contributed by atoms with van der Waals surface area (Å²) in [4.78, 5) is -0.624. The number of halogens is 2. The van der Waals surface area contributed by atoms with Gasteiger partial charge in [-0.15, -0.1) is 0 Å². The summed E-state index contributed by atoms with van der Waals surface area (Å²) in [6.45, 7) is 0.175. The highest BCUT2D eigenvalue weighted by molar-refractivity contribution is 7.90. The number of rotatable bonds is 3. The quantitative estimate of drug-likeness (QED) is 0.845. The van der Waals surface area contributed by atoms with Gasteiger partial charge in [0.15, 0.2) is 21.5 Å². The lowest BCUT2D eigenvalue weighted by Gasteiger charge is -2.05. The summed E-state index contributed by atoms with van der Waals surface area (Å²) < 4.78 is 48.7. The Morgan fingerprint density at radius 2 is 1.87 bits per heavy atom. The molecule has 1 aromatic rings. The molecule has 0 unspecified atom stereocenters. The molecule has 0 atom stereocenters. The average Bonchev–Trinajstić information content (AvgIpc) is 2.11. The van der Waals surface area contributed by atoms with Crippen LogP contribution in [0.25, 0.3) is 0 Å². The number of benzene rings is 1. The first kappa shape index (κ1) is 12.1. The van der Waals surface area contributed by atoms with E-state index in [2.05, 4.69) is 0 Å². The van der Waals surface area contributed by atoms with E-state index >= 15 is 0 Å². The Morgan fingerprint density at radius 3 is 2.33 bits per heavy atom. The van der Waals surface area contributed by atoms with Crippen LogP contribution in [0.4, 0.5) is 8.78 Å². The van der Waals surface area contributed by atoms with Crippen molar-refractivity contribution < 1.29 is 17.2 Å². The molecule has 0 bridgehead atoms. The molecule has 0 heterocycles. The van der Waals surface area contributed by atoms with Gasteiger partial charge in [0.05, 0.1) is 0 Å². The molecule has 0 aliphatic rings. The van der Waals surface area contributed by atoms with Gasteiger partial charge in [0.2, 0.25) is 0 Å². The van der Waals surface area contributed by atoms with E-state index in [4.69, 9.17) is 5.73 Å². The third-order valence-corrected chi connectivity index (χ3v) is 3.05. The third kappa shape index (κ3) is 2.51. The van der Waals surface area contributed by atoms with Gasteiger partial charge >= 0.3 is 0 Å². The third-order valence-electron chi connectivity index (χ3n) is 1.94. The highest BCUT2D eigenvalue weighted by Crippen LogP contribution is 2.20. The largest absolute Gasteiger partial charge is 0.330 e. The molecule has 0 fully saturated rings. The Hall–Kier alpha value is -1.01. The molecule has 6 heteroatoms. The molecule has 2 N–H and O–H groups in total. The zero-order valence-corrected chi connectivity index (χ0v) is 8.94. The first-order chi connectivity index (χ1) is 6.88. The van der Waals surface area contributed by atoms with Gasteiger partial charge < -0.3 is 5.73 Å². The Bertz CT molecular complexity index is 471. The van der Waals surface area contributed by atoms with Gasteiger partial charge in [-0.3, -0.25) is 0 Å². The molecule has 1 rings (SSSR count). The Morgan fingerprint density at radius 1 is 1.27 bits per heavy atom. The van der Waals surface area contributed by atoms with Crippen molar-refractivity contribution in [2.75, 3.05) is 12.8 Å². The highest BCUT2D eigenvalue weighted by atomic mass is 32.2. The van der Waals surface area contributed by atoms with Crippen molar-refractivity contribution in [1.29, 1.82) is 0 Å². The summed E-state index contributed by atoms with van der Waals surface area (Å²) in [7, 11) is -3.73. The maximum atomic E-state index is 13.3. The summed E-state index contributed by atoms with van der Waals surface area (Å²) in [5.41, 5.74) is 5.28. The van der Waals surface area contributed by atoms with Gasteiger partial charge in [-0.05, 0) is 24.6 Å². The molecular weight excluding hydrogens is 224 g/mol. The predicted molar refractivity (Wildman–Crippen MR) is 52.2 cm³/mol. The zero-order valence-electron chi connectivity index (χ0n) is 8.13. The van der Waals surface area contributed by atoms with E-state index in [1.54, 1.807) is 0 Å². The number of nitrogens with two attached hydrogens (primary N) is 1. The van der Waals surface area contributed by atoms with E-state index in [9.17, 15) is 17.2 Å². The van der Waals surface area contributed by atoms with Gasteiger partial charge in [0.25, 0.3) is 0 Å². The second-order valence-electron chi connectivity index (χ2n) is 3.16. The first-order valence-electron chi connectivity index (χ1n) is 4.25. The number of hydrogen-bond acceptors (Lipinski definition) is 3. The van der Waals surface area contributed by atoms with Crippen molar-refractivity contribution >= 4 is 9.84 Å². The smallest absolute Gasteiger partial charge is 0.178 e. The van der Waals surface area contributed by atoms with E-state index < -0.39 is 26.4 Å². The monoisotopic (exact) mass is 235 g/mol. The Balaban J connectivity index is 3.34. The molecule has 0 radical (unpaired) electrons. The molecule has 0 aliphatic carbocycles. The van der Waals surface area contributed by atoms with Crippen molar-refractivity contribution in [2.24, 2.45) is 5.73 Å². The summed E-state index contributed by atoms with van der Waals surface area (Å²) in [6, 6.07) is 2.29. The molecule has 0 aromatic heterocycles. The van der Waals surface area contributed by atoms with Crippen LogP contribution in [0.3, 0.4) is 0 Å². The van der Waals surface area contributed by atoms with Gasteiger partial charge in [-0.2, -0.15) is 0 Å². The Labute approximate surface area is 86.8 Å². The van der Waals surface area contributed by atoms with Crippen LogP contribution in [0.2, 0.25) is 0 Å². The first-order valence-corrected chi connectivity index (χ1v) is 6.14. The van der Waals surface area contributed by atoms with Crippen LogP contribution in [0.1, 0.15) is 5.56 Å². The van der Waals surface area contributed by atoms with Crippen LogP contribution < -0.4 is 5.73 Å². The number of sulfone groups is 1. The minimum Gasteiger partial charge on any atom is -0.330 e. The lowest BCUT2D eigenvalue weighted by Crippen LogP contribution is -2.09. The van der Waals surface area contributed by atoms with Crippen LogP contribution >= 0.6 is 0 Å². The predicted octanol–water partition coefficient (Wildman–Crippen LogP) is 0.870. The van der Waals surface area contributed by atoms with E-state index in [0.717, 1.165) is 12.3 Å². The fourth-order valence-electron chi connectivity index (χ4n) is 1.21. The van der Waals surface area contributed by atoms with Gasteiger partial charge in [0.1, 0.15) is 4.90 Å². The van der Waals surface area contributed by atoms with Crippen molar-refractivity contribution in [3.63, 3.8) is 0 Å². The number of hydrogen-bond donors (Lipinski definition) is 1. The molecule has 84 valence electrons. The summed E-state index contributed by atoms with van der Waals surface area (Å²) >= 11 is 0. The maximum Gasteiger partial charge on any atom is 0.178 e. The average molecular weight is 235 g/mol. The SMILES string of the molecule is CS(=O)(=O)c1ccc(CCN)c(F)c1F. The topological polar surface area (TPSA) is 60.2 Å². The lowest BCUT2D eigenvalue weighted by atomic mass is 10.1. The second-order valence-corrected chi connectivity index (χ2v) is 5.15. The van der Waals surface area contributed by atoms with Crippen molar-refractivity contribution in [3.05, 3.63) is 29.3 Å². The summed E-state index contributed by atoms with van der Waals surface area (Å²) in [5, 5.41) is 0. The fourth-order valence-corrected chi connectivity index (χ4v) is 1.94. The van der Waals surface area contributed by atoms with Crippen LogP contribution in [0.5, 0.6) is 0 Å². The van der Waals surface area contributed by atoms with E-state index in [1.165, 1.54) is 6.07 Å². The molecule has 0 spiro atoms. The van der Waals surface area contributed by atoms with Crippen LogP contribution in [-0.4, -0.2) is 21.2 Å². The van der Waals surface area contributed by atoms with Gasteiger partial charge in [-0.25, -0.2) is 17.2 Å².